The van der Waals surface area contributed by atoms with Crippen LogP contribution >= 0.6 is 12.4 Å². The standard InChI is InChI=1S/C21H24N4O2.C12H18N2O.C9H8N2O2.ClH/c1-15-7-8-25-14-19(23-20(25)13-15)21(26)22-16(2)17-3-5-18(6-4-17)24-9-11-27-12-10-24;1-10(13)11-2-4-12(5-3-11)14-6-8-15-9-7-14;1-6-2-3-11-5-7(9(12)13)10-8(11)4-6;/h3-8,13-14,16H,9-12H2,1-2H3,(H,22,26);2-5,10H,6-9,13H2,1H3;2-5H,1H3,(H,12,13);1H/t16-;10-;;/m11../s1. The molecule has 2 aromatic carbocycles. The van der Waals surface area contributed by atoms with Gasteiger partial charge in [0.1, 0.15) is 17.0 Å². The number of nitrogens with zero attached hydrogens (tertiary/aromatic N) is 6. The first kappa shape index (κ1) is 41.7. The Labute approximate surface area is 333 Å². The van der Waals surface area contributed by atoms with Crippen LogP contribution < -0.4 is 20.9 Å². The van der Waals surface area contributed by atoms with Crippen molar-refractivity contribution in [3.8, 4) is 0 Å². The van der Waals surface area contributed by atoms with Gasteiger partial charge in [0.05, 0.1) is 32.5 Å². The first-order valence-corrected chi connectivity index (χ1v) is 18.6. The molecular formula is C42H51ClN8O5. The van der Waals surface area contributed by atoms with Crippen molar-refractivity contribution >= 4 is 47.0 Å². The van der Waals surface area contributed by atoms with Gasteiger partial charge in [0, 0.05) is 68.4 Å². The number of aromatic carboxylic acids is 1. The normalized spacial score (nSPS) is 15.1. The summed E-state index contributed by atoms with van der Waals surface area (Å²) in [6, 6.07) is 24.6. The summed E-state index contributed by atoms with van der Waals surface area (Å²) in [5, 5.41) is 11.7. The van der Waals surface area contributed by atoms with Crippen LogP contribution in [0.4, 0.5) is 11.4 Å². The summed E-state index contributed by atoms with van der Waals surface area (Å²) in [5.41, 5.74) is 14.7. The van der Waals surface area contributed by atoms with Gasteiger partial charge in [-0.2, -0.15) is 0 Å². The zero-order valence-corrected chi connectivity index (χ0v) is 33.1. The first-order chi connectivity index (χ1) is 26.5. The molecule has 0 unspecified atom stereocenters. The molecule has 4 aromatic heterocycles. The summed E-state index contributed by atoms with van der Waals surface area (Å²) in [6.07, 6.45) is 6.97. The van der Waals surface area contributed by atoms with E-state index in [-0.39, 0.29) is 36.1 Å². The monoisotopic (exact) mass is 782 g/mol. The van der Waals surface area contributed by atoms with Crippen molar-refractivity contribution in [1.29, 1.82) is 0 Å². The van der Waals surface area contributed by atoms with Crippen molar-refractivity contribution in [2.45, 2.75) is 39.8 Å². The van der Waals surface area contributed by atoms with Crippen LogP contribution in [-0.2, 0) is 9.47 Å². The van der Waals surface area contributed by atoms with Gasteiger partial charge in [-0.3, -0.25) is 4.79 Å². The summed E-state index contributed by atoms with van der Waals surface area (Å²) < 4.78 is 14.3. The quantitative estimate of drug-likeness (QED) is 0.169. The van der Waals surface area contributed by atoms with Gasteiger partial charge >= 0.3 is 5.97 Å². The Bertz CT molecular complexity index is 2190. The number of pyridine rings is 2. The van der Waals surface area contributed by atoms with Crippen molar-refractivity contribution in [2.75, 3.05) is 62.4 Å². The van der Waals surface area contributed by atoms with Crippen LogP contribution in [0.3, 0.4) is 0 Å². The van der Waals surface area contributed by atoms with E-state index in [0.717, 1.165) is 74.9 Å². The number of anilines is 2. The zero-order valence-electron chi connectivity index (χ0n) is 32.3. The fourth-order valence-electron chi connectivity index (χ4n) is 6.34. The van der Waals surface area contributed by atoms with E-state index in [1.165, 1.54) is 23.1 Å². The number of fused-ring (bicyclic) bond motifs is 2. The Morgan fingerprint density at radius 2 is 1.12 bits per heavy atom. The molecule has 8 rings (SSSR count). The van der Waals surface area contributed by atoms with E-state index >= 15 is 0 Å². The lowest BCUT2D eigenvalue weighted by Gasteiger charge is -2.29. The number of hydrogen-bond donors (Lipinski definition) is 3. The highest BCUT2D eigenvalue weighted by Gasteiger charge is 2.17. The van der Waals surface area contributed by atoms with Crippen LogP contribution in [-0.4, -0.2) is 88.4 Å². The van der Waals surface area contributed by atoms with Gasteiger partial charge in [-0.1, -0.05) is 24.3 Å². The molecule has 6 aromatic rings. The smallest absolute Gasteiger partial charge is 0.356 e. The third-order valence-electron chi connectivity index (χ3n) is 9.60. The van der Waals surface area contributed by atoms with E-state index in [9.17, 15) is 9.59 Å². The third-order valence-corrected chi connectivity index (χ3v) is 9.60. The maximum atomic E-state index is 12.6. The highest BCUT2D eigenvalue weighted by atomic mass is 35.5. The van der Waals surface area contributed by atoms with Crippen LogP contribution in [0, 0.1) is 13.8 Å². The Hall–Kier alpha value is -5.47. The number of carboxylic acids is 1. The number of rotatable bonds is 7. The first-order valence-electron chi connectivity index (χ1n) is 18.6. The minimum absolute atomic E-state index is 0. The van der Waals surface area contributed by atoms with Gasteiger partial charge in [0.15, 0.2) is 5.69 Å². The van der Waals surface area contributed by atoms with Gasteiger partial charge in [-0.05, 0) is 98.5 Å². The number of aromatic nitrogens is 4. The van der Waals surface area contributed by atoms with Crippen molar-refractivity contribution in [1.82, 2.24) is 24.1 Å². The number of carboxylic acid groups (broad SMARTS) is 1. The number of nitrogens with one attached hydrogen (secondary N) is 1. The number of amides is 1. The molecular weight excluding hydrogens is 732 g/mol. The molecule has 6 heterocycles. The Balaban J connectivity index is 0.000000175. The average Bonchev–Trinajstić information content (AvgIpc) is 3.84. The molecule has 1 amide bonds. The Morgan fingerprint density at radius 3 is 1.57 bits per heavy atom. The summed E-state index contributed by atoms with van der Waals surface area (Å²) >= 11 is 0. The largest absolute Gasteiger partial charge is 0.476 e. The highest BCUT2D eigenvalue weighted by molar-refractivity contribution is 5.93. The van der Waals surface area contributed by atoms with Crippen LogP contribution in [0.1, 0.15) is 69.2 Å². The van der Waals surface area contributed by atoms with Crippen molar-refractivity contribution in [2.24, 2.45) is 5.73 Å². The highest BCUT2D eigenvalue weighted by Crippen LogP contribution is 2.21. The molecule has 0 aliphatic carbocycles. The maximum absolute atomic E-state index is 12.6. The summed E-state index contributed by atoms with van der Waals surface area (Å²) in [4.78, 5) is 36.2. The van der Waals surface area contributed by atoms with E-state index in [4.69, 9.17) is 20.3 Å². The lowest BCUT2D eigenvalue weighted by molar-refractivity contribution is 0.0691. The van der Waals surface area contributed by atoms with E-state index in [2.05, 4.69) is 73.6 Å². The second kappa shape index (κ2) is 19.4. The molecule has 2 aliphatic heterocycles. The SMILES string of the molecule is C[C@@H](N)c1ccc(N2CCOCC2)cc1.Cc1ccn2cc(C(=O)N[C@H](C)c3ccc(N4CCOCC4)cc3)nc2c1.Cc1ccn2cc(C(=O)O)nc2c1.Cl. The van der Waals surface area contributed by atoms with Crippen molar-refractivity contribution in [3.63, 3.8) is 0 Å². The predicted molar refractivity (Wildman–Crippen MR) is 221 cm³/mol. The molecule has 13 nitrogen and oxygen atoms in total. The molecule has 2 atom stereocenters. The number of imidazole rings is 2. The van der Waals surface area contributed by atoms with E-state index in [1.807, 2.05) is 62.6 Å². The number of halogens is 1. The fraction of sp³-hybridized carbons (Fsp3) is 0.333. The molecule has 2 saturated heterocycles. The van der Waals surface area contributed by atoms with Gasteiger partial charge in [0.2, 0.25) is 0 Å². The molecule has 296 valence electrons. The lowest BCUT2D eigenvalue weighted by Crippen LogP contribution is -2.36. The average molecular weight is 783 g/mol. The van der Waals surface area contributed by atoms with Gasteiger partial charge in [-0.15, -0.1) is 12.4 Å². The summed E-state index contributed by atoms with van der Waals surface area (Å²) in [6.45, 7) is 14.9. The molecule has 56 heavy (non-hydrogen) atoms. The van der Waals surface area contributed by atoms with Gasteiger partial charge in [0.25, 0.3) is 5.91 Å². The topological polar surface area (TPSA) is 152 Å². The van der Waals surface area contributed by atoms with E-state index in [1.54, 1.807) is 16.8 Å². The number of morpholine rings is 2. The molecule has 14 heteroatoms. The molecule has 0 bridgehead atoms. The Kier molecular flexibility index (Phi) is 14.4. The van der Waals surface area contributed by atoms with Crippen molar-refractivity contribution < 1.29 is 24.2 Å². The number of aryl methyl sites for hydroxylation is 2. The molecule has 0 spiro atoms. The number of carbonyl (C=O) groups excluding carboxylic acids is 1. The minimum Gasteiger partial charge on any atom is -0.476 e. The van der Waals surface area contributed by atoms with Gasteiger partial charge < -0.3 is 44.2 Å². The molecule has 2 fully saturated rings. The number of nitrogens with two attached hydrogens (primary N) is 1. The predicted octanol–water partition coefficient (Wildman–Crippen LogP) is 6.28. The van der Waals surface area contributed by atoms with Crippen LogP contribution in [0.15, 0.2) is 97.6 Å². The molecule has 2 aliphatic rings. The molecule has 0 saturated carbocycles. The van der Waals surface area contributed by atoms with E-state index in [0.29, 0.717) is 11.3 Å². The van der Waals surface area contributed by atoms with Crippen molar-refractivity contribution in [3.05, 3.63) is 131 Å². The molecule has 4 N–H and O–H groups in total. The minimum atomic E-state index is -0.999. The summed E-state index contributed by atoms with van der Waals surface area (Å²) in [5.74, 6) is -1.16. The number of carbonyl (C=O) groups is 2. The lowest BCUT2D eigenvalue weighted by atomic mass is 10.1. The zero-order chi connectivity index (χ0) is 38.9. The van der Waals surface area contributed by atoms with Crippen LogP contribution in [0.2, 0.25) is 0 Å². The summed E-state index contributed by atoms with van der Waals surface area (Å²) in [7, 11) is 0. The maximum Gasteiger partial charge on any atom is 0.356 e. The fourth-order valence-corrected chi connectivity index (χ4v) is 6.34. The molecule has 0 radical (unpaired) electrons. The third kappa shape index (κ3) is 10.8. The second-order valence-corrected chi connectivity index (χ2v) is 13.9. The van der Waals surface area contributed by atoms with Crippen LogP contribution in [0.25, 0.3) is 11.3 Å². The van der Waals surface area contributed by atoms with Crippen LogP contribution in [0.5, 0.6) is 0 Å². The number of hydrogen-bond acceptors (Lipinski definition) is 9. The van der Waals surface area contributed by atoms with E-state index < -0.39 is 5.97 Å². The van der Waals surface area contributed by atoms with Gasteiger partial charge in [-0.25, -0.2) is 14.8 Å². The second-order valence-electron chi connectivity index (χ2n) is 13.9. The number of benzene rings is 2. The number of ether oxygens (including phenoxy) is 2. The Morgan fingerprint density at radius 1 is 0.696 bits per heavy atom.